The van der Waals surface area contributed by atoms with Gasteiger partial charge in [-0.1, -0.05) is 60.8 Å². The van der Waals surface area contributed by atoms with E-state index >= 15 is 0 Å². The Balaban J connectivity index is 1.86. The number of carbonyl (C=O) groups is 1. The Morgan fingerprint density at radius 3 is 2.62 bits per heavy atom. The van der Waals surface area contributed by atoms with Crippen molar-refractivity contribution in [3.63, 3.8) is 0 Å². The number of aryl methyl sites for hydroxylation is 1. The lowest BCUT2D eigenvalue weighted by atomic mass is 10.0. The zero-order valence-corrected chi connectivity index (χ0v) is 14.7. The lowest BCUT2D eigenvalue weighted by Gasteiger charge is -2.31. The molecule has 3 rings (SSSR count). The van der Waals surface area contributed by atoms with Crippen LogP contribution in [-0.4, -0.2) is 17.5 Å². The molecule has 2 aromatic carbocycles. The van der Waals surface area contributed by atoms with Gasteiger partial charge < -0.3 is 10.2 Å². The molecule has 0 unspecified atom stereocenters. The van der Waals surface area contributed by atoms with Crippen LogP contribution in [0, 0.1) is 6.92 Å². The predicted octanol–water partition coefficient (Wildman–Crippen LogP) is 5.80. The fraction of sp³-hybridized carbons (Fsp3) is 0.350. The molecule has 1 N–H and O–H groups in total. The largest absolute Gasteiger partial charge is 0.322 e. The second-order valence-electron chi connectivity index (χ2n) is 6.33. The van der Waals surface area contributed by atoms with E-state index in [1.165, 1.54) is 0 Å². The molecule has 1 atom stereocenters. The van der Waals surface area contributed by atoms with Gasteiger partial charge in [-0.3, -0.25) is 0 Å². The van der Waals surface area contributed by atoms with E-state index in [9.17, 15) is 4.79 Å². The van der Waals surface area contributed by atoms with Crippen LogP contribution >= 0.6 is 11.6 Å². The first-order chi connectivity index (χ1) is 11.7. The van der Waals surface area contributed by atoms with Crippen molar-refractivity contribution in [2.75, 3.05) is 11.9 Å². The topological polar surface area (TPSA) is 32.3 Å². The maximum atomic E-state index is 12.9. The standard InChI is InChI=1S/C20H23ClN2O/c1-15-9-4-7-12-18(15)22-20(24)23-14-8-2-3-13-19(23)16-10-5-6-11-17(16)21/h4-7,9-12,19H,2-3,8,13-14H2,1H3,(H,22,24)/t19-/m0/s1. The molecule has 1 aliphatic rings. The summed E-state index contributed by atoms with van der Waals surface area (Å²) in [6, 6.07) is 15.7. The van der Waals surface area contributed by atoms with E-state index in [4.69, 9.17) is 11.6 Å². The number of carbonyl (C=O) groups excluding carboxylic acids is 1. The number of urea groups is 1. The zero-order valence-electron chi connectivity index (χ0n) is 14.0. The molecule has 0 spiro atoms. The molecule has 1 saturated heterocycles. The van der Waals surface area contributed by atoms with Crippen LogP contribution < -0.4 is 5.32 Å². The van der Waals surface area contributed by atoms with Crippen LogP contribution in [0.1, 0.15) is 42.9 Å². The summed E-state index contributed by atoms with van der Waals surface area (Å²) in [5.74, 6) is 0. The third kappa shape index (κ3) is 3.73. The van der Waals surface area contributed by atoms with Crippen molar-refractivity contribution in [2.45, 2.75) is 38.6 Å². The fourth-order valence-corrected chi connectivity index (χ4v) is 3.58. The molecule has 4 heteroatoms. The van der Waals surface area contributed by atoms with Crippen molar-refractivity contribution in [3.05, 3.63) is 64.7 Å². The van der Waals surface area contributed by atoms with E-state index in [-0.39, 0.29) is 12.1 Å². The Morgan fingerprint density at radius 1 is 1.08 bits per heavy atom. The van der Waals surface area contributed by atoms with Crippen molar-refractivity contribution >= 4 is 23.3 Å². The van der Waals surface area contributed by atoms with Gasteiger partial charge in [-0.05, 0) is 43.0 Å². The molecule has 1 fully saturated rings. The molecule has 0 bridgehead atoms. The fourth-order valence-electron chi connectivity index (χ4n) is 3.32. The highest BCUT2D eigenvalue weighted by molar-refractivity contribution is 6.31. The number of anilines is 1. The first-order valence-electron chi connectivity index (χ1n) is 8.54. The molecule has 126 valence electrons. The van der Waals surface area contributed by atoms with Crippen LogP contribution in [0.2, 0.25) is 5.02 Å². The van der Waals surface area contributed by atoms with E-state index in [1.807, 2.05) is 60.4 Å². The Kier molecular flexibility index (Phi) is 5.41. The number of rotatable bonds is 2. The monoisotopic (exact) mass is 342 g/mol. The van der Waals surface area contributed by atoms with Gasteiger partial charge in [0.25, 0.3) is 0 Å². The van der Waals surface area contributed by atoms with Crippen LogP contribution in [0.5, 0.6) is 0 Å². The molecule has 1 heterocycles. The van der Waals surface area contributed by atoms with Crippen molar-refractivity contribution in [1.29, 1.82) is 0 Å². The van der Waals surface area contributed by atoms with Gasteiger partial charge >= 0.3 is 6.03 Å². The Morgan fingerprint density at radius 2 is 1.83 bits per heavy atom. The summed E-state index contributed by atoms with van der Waals surface area (Å²) in [4.78, 5) is 14.9. The third-order valence-corrected chi connectivity index (χ3v) is 5.01. The summed E-state index contributed by atoms with van der Waals surface area (Å²) in [6.07, 6.45) is 4.24. The number of halogens is 1. The molecular weight excluding hydrogens is 320 g/mol. The highest BCUT2D eigenvalue weighted by Gasteiger charge is 2.28. The summed E-state index contributed by atoms with van der Waals surface area (Å²) in [7, 11) is 0. The number of nitrogens with one attached hydrogen (secondary N) is 1. The number of benzene rings is 2. The normalized spacial score (nSPS) is 18.1. The Hall–Kier alpha value is -2.00. The number of hydrogen-bond acceptors (Lipinski definition) is 1. The highest BCUT2D eigenvalue weighted by atomic mass is 35.5. The quantitative estimate of drug-likeness (QED) is 0.735. The molecule has 24 heavy (non-hydrogen) atoms. The first-order valence-corrected chi connectivity index (χ1v) is 8.92. The maximum absolute atomic E-state index is 12.9. The van der Waals surface area contributed by atoms with Crippen molar-refractivity contribution in [3.8, 4) is 0 Å². The van der Waals surface area contributed by atoms with Gasteiger partial charge in [0.15, 0.2) is 0 Å². The zero-order chi connectivity index (χ0) is 16.9. The van der Waals surface area contributed by atoms with E-state index in [2.05, 4.69) is 5.32 Å². The van der Waals surface area contributed by atoms with Crippen LogP contribution in [0.15, 0.2) is 48.5 Å². The summed E-state index contributed by atoms with van der Waals surface area (Å²) in [5, 5.41) is 3.81. The van der Waals surface area contributed by atoms with Gasteiger partial charge in [0.2, 0.25) is 0 Å². The van der Waals surface area contributed by atoms with Gasteiger partial charge in [0, 0.05) is 17.3 Å². The van der Waals surface area contributed by atoms with Crippen LogP contribution in [0.3, 0.4) is 0 Å². The summed E-state index contributed by atoms with van der Waals surface area (Å²) in [6.45, 7) is 2.76. The van der Waals surface area contributed by atoms with E-state index in [0.717, 1.165) is 54.1 Å². The lowest BCUT2D eigenvalue weighted by molar-refractivity contribution is 0.189. The molecule has 0 radical (unpaired) electrons. The van der Waals surface area contributed by atoms with Crippen LogP contribution in [-0.2, 0) is 0 Å². The van der Waals surface area contributed by atoms with E-state index in [0.29, 0.717) is 0 Å². The molecule has 2 aromatic rings. The van der Waals surface area contributed by atoms with Gasteiger partial charge in [-0.15, -0.1) is 0 Å². The van der Waals surface area contributed by atoms with Gasteiger partial charge in [-0.25, -0.2) is 4.79 Å². The molecule has 2 amide bonds. The SMILES string of the molecule is Cc1ccccc1NC(=O)N1CCCCC[C@H]1c1ccccc1Cl. The molecule has 0 aromatic heterocycles. The molecule has 3 nitrogen and oxygen atoms in total. The highest BCUT2D eigenvalue weighted by Crippen LogP contribution is 2.34. The molecule has 1 aliphatic heterocycles. The van der Waals surface area contributed by atoms with Gasteiger partial charge in [0.05, 0.1) is 6.04 Å². The number of likely N-dealkylation sites (tertiary alicyclic amines) is 1. The minimum Gasteiger partial charge on any atom is -0.317 e. The first kappa shape index (κ1) is 16.8. The average Bonchev–Trinajstić information content (AvgIpc) is 2.83. The third-order valence-electron chi connectivity index (χ3n) is 4.66. The van der Waals surface area contributed by atoms with Gasteiger partial charge in [0.1, 0.15) is 0 Å². The van der Waals surface area contributed by atoms with Crippen molar-refractivity contribution < 1.29 is 4.79 Å². The van der Waals surface area contributed by atoms with Crippen LogP contribution in [0.4, 0.5) is 10.5 Å². The number of para-hydroxylation sites is 1. The molecular formula is C20H23ClN2O. The van der Waals surface area contributed by atoms with Crippen molar-refractivity contribution in [2.24, 2.45) is 0 Å². The minimum absolute atomic E-state index is 0.0326. The molecule has 0 saturated carbocycles. The number of amides is 2. The van der Waals surface area contributed by atoms with E-state index in [1.54, 1.807) is 0 Å². The average molecular weight is 343 g/mol. The predicted molar refractivity (Wildman–Crippen MR) is 99.6 cm³/mol. The van der Waals surface area contributed by atoms with Crippen LogP contribution in [0.25, 0.3) is 0 Å². The van der Waals surface area contributed by atoms with Gasteiger partial charge in [-0.2, -0.15) is 0 Å². The lowest BCUT2D eigenvalue weighted by Crippen LogP contribution is -2.38. The Bertz CT molecular complexity index is 716. The number of hydrogen-bond donors (Lipinski definition) is 1. The Labute approximate surface area is 148 Å². The second-order valence-corrected chi connectivity index (χ2v) is 6.73. The number of nitrogens with zero attached hydrogens (tertiary/aromatic N) is 1. The minimum atomic E-state index is -0.0453. The summed E-state index contributed by atoms with van der Waals surface area (Å²) in [5.41, 5.74) is 2.97. The summed E-state index contributed by atoms with van der Waals surface area (Å²) >= 11 is 6.41. The van der Waals surface area contributed by atoms with Crippen molar-refractivity contribution in [1.82, 2.24) is 4.90 Å². The smallest absolute Gasteiger partial charge is 0.317 e. The second kappa shape index (κ2) is 7.71. The van der Waals surface area contributed by atoms with E-state index < -0.39 is 0 Å². The molecule has 0 aliphatic carbocycles. The maximum Gasteiger partial charge on any atom is 0.322 e. The summed E-state index contributed by atoms with van der Waals surface area (Å²) < 4.78 is 0.